The second-order valence-electron chi connectivity index (χ2n) is 5.17. The normalized spacial score (nSPS) is 20.2. The largest absolute Gasteiger partial charge is 0.361 e. The number of carbonyl (C=O) groups excluding carboxylic acids is 1. The van der Waals surface area contributed by atoms with Crippen molar-refractivity contribution in [1.82, 2.24) is 10.1 Å². The van der Waals surface area contributed by atoms with Gasteiger partial charge in [-0.3, -0.25) is 4.79 Å². The van der Waals surface area contributed by atoms with Crippen molar-refractivity contribution in [3.05, 3.63) is 28.5 Å². The van der Waals surface area contributed by atoms with Crippen LogP contribution in [0.1, 0.15) is 23.4 Å². The third-order valence-corrected chi connectivity index (χ3v) is 4.91. The Morgan fingerprint density at radius 2 is 2.20 bits per heavy atom. The van der Waals surface area contributed by atoms with Crippen LogP contribution in [0.5, 0.6) is 0 Å². The van der Waals surface area contributed by atoms with E-state index in [2.05, 4.69) is 5.16 Å². The Morgan fingerprint density at radius 3 is 2.70 bits per heavy atom. The minimum absolute atomic E-state index is 0.0257. The highest BCUT2D eigenvalue weighted by Crippen LogP contribution is 2.20. The van der Waals surface area contributed by atoms with E-state index >= 15 is 0 Å². The molecule has 0 saturated heterocycles. The average molecular weight is 298 g/mol. The number of amides is 1. The van der Waals surface area contributed by atoms with Crippen LogP contribution in [-0.2, 0) is 21.2 Å². The summed E-state index contributed by atoms with van der Waals surface area (Å²) >= 11 is 0. The van der Waals surface area contributed by atoms with Crippen molar-refractivity contribution in [3.63, 3.8) is 0 Å². The van der Waals surface area contributed by atoms with E-state index in [0.717, 1.165) is 11.3 Å². The number of aryl methyl sites for hydroxylation is 2. The molecule has 0 bridgehead atoms. The Balaban J connectivity index is 1.95. The molecule has 2 rings (SSSR count). The molecule has 0 saturated carbocycles. The van der Waals surface area contributed by atoms with E-state index in [1.165, 1.54) is 5.41 Å². The van der Waals surface area contributed by atoms with E-state index in [0.29, 0.717) is 12.3 Å². The van der Waals surface area contributed by atoms with E-state index in [1.807, 2.05) is 6.92 Å². The van der Waals surface area contributed by atoms with Crippen molar-refractivity contribution in [3.8, 4) is 0 Å². The molecule has 1 aromatic heterocycles. The lowest BCUT2D eigenvalue weighted by Gasteiger charge is -2.18. The number of aromatic nitrogens is 1. The molecule has 0 fully saturated rings. The molecule has 6 nitrogen and oxygen atoms in total. The van der Waals surface area contributed by atoms with Crippen LogP contribution in [-0.4, -0.2) is 37.2 Å². The molecule has 7 heteroatoms. The zero-order valence-electron chi connectivity index (χ0n) is 11.8. The van der Waals surface area contributed by atoms with Gasteiger partial charge in [0.2, 0.25) is 5.91 Å². The minimum Gasteiger partial charge on any atom is -0.361 e. The predicted octanol–water partition coefficient (Wildman–Crippen LogP) is 1.20. The van der Waals surface area contributed by atoms with Gasteiger partial charge in [0.25, 0.3) is 0 Å². The van der Waals surface area contributed by atoms with E-state index < -0.39 is 9.84 Å². The summed E-state index contributed by atoms with van der Waals surface area (Å²) in [6.45, 7) is 4.06. The quantitative estimate of drug-likeness (QED) is 0.834. The molecule has 1 aromatic rings. The maximum absolute atomic E-state index is 12.1. The second-order valence-corrected chi connectivity index (χ2v) is 7.11. The summed E-state index contributed by atoms with van der Waals surface area (Å²) < 4.78 is 27.7. The first-order chi connectivity index (χ1) is 9.28. The number of nitrogens with zero attached hydrogens (tertiary/aromatic N) is 2. The summed E-state index contributed by atoms with van der Waals surface area (Å²) in [6.07, 6.45) is 1.80. The molecule has 1 amide bonds. The Kier molecular flexibility index (Phi) is 3.99. The van der Waals surface area contributed by atoms with Gasteiger partial charge in [-0.15, -0.1) is 0 Å². The van der Waals surface area contributed by atoms with Crippen LogP contribution in [0.25, 0.3) is 0 Å². The van der Waals surface area contributed by atoms with Gasteiger partial charge in [0.1, 0.15) is 5.76 Å². The van der Waals surface area contributed by atoms with E-state index in [-0.39, 0.29) is 24.0 Å². The second kappa shape index (κ2) is 5.40. The predicted molar refractivity (Wildman–Crippen MR) is 73.5 cm³/mol. The van der Waals surface area contributed by atoms with Gasteiger partial charge < -0.3 is 9.42 Å². The summed E-state index contributed by atoms with van der Waals surface area (Å²) in [5.74, 6) is 0.416. The molecule has 0 radical (unpaired) electrons. The Labute approximate surface area is 118 Å². The molecule has 0 aliphatic carbocycles. The van der Waals surface area contributed by atoms with Crippen molar-refractivity contribution in [1.29, 1.82) is 0 Å². The molecular formula is C13H18N2O4S. The lowest BCUT2D eigenvalue weighted by Crippen LogP contribution is -2.28. The molecule has 1 aliphatic rings. The molecule has 110 valence electrons. The molecule has 0 aromatic carbocycles. The van der Waals surface area contributed by atoms with Crippen LogP contribution in [0, 0.1) is 19.8 Å². The maximum Gasteiger partial charge on any atom is 0.223 e. The smallest absolute Gasteiger partial charge is 0.223 e. The SMILES string of the molecule is Cc1noc(C)c1CN(C)C(=O)C[C@H]1C=CS(=O)(=O)C1. The number of rotatable bonds is 4. The Morgan fingerprint density at radius 1 is 1.50 bits per heavy atom. The van der Waals surface area contributed by atoms with Crippen molar-refractivity contribution in [2.75, 3.05) is 12.8 Å². The van der Waals surface area contributed by atoms with Crippen LogP contribution in [0.4, 0.5) is 0 Å². The van der Waals surface area contributed by atoms with Crippen LogP contribution < -0.4 is 0 Å². The average Bonchev–Trinajstić information content (AvgIpc) is 2.85. The first-order valence-electron chi connectivity index (χ1n) is 6.35. The highest BCUT2D eigenvalue weighted by Gasteiger charge is 2.25. The summed E-state index contributed by atoms with van der Waals surface area (Å²) in [5.41, 5.74) is 1.67. The molecular weight excluding hydrogens is 280 g/mol. The molecule has 0 unspecified atom stereocenters. The number of allylic oxidation sites excluding steroid dienone is 1. The third-order valence-electron chi connectivity index (χ3n) is 3.44. The monoisotopic (exact) mass is 298 g/mol. The standard InChI is InChI=1S/C13H18N2O4S/c1-9-12(10(2)19-14-9)7-15(3)13(16)6-11-4-5-20(17,18)8-11/h4-5,11H,6-8H2,1-3H3/t11-/m1/s1. The van der Waals surface area contributed by atoms with Crippen molar-refractivity contribution < 1.29 is 17.7 Å². The lowest BCUT2D eigenvalue weighted by molar-refractivity contribution is -0.130. The minimum atomic E-state index is -3.11. The van der Waals surface area contributed by atoms with Gasteiger partial charge in [-0.05, 0) is 13.8 Å². The van der Waals surface area contributed by atoms with Crippen molar-refractivity contribution in [2.45, 2.75) is 26.8 Å². The van der Waals surface area contributed by atoms with Crippen LogP contribution >= 0.6 is 0 Å². The molecule has 2 heterocycles. The molecule has 0 N–H and O–H groups in total. The molecule has 1 aliphatic heterocycles. The van der Waals surface area contributed by atoms with E-state index in [1.54, 1.807) is 24.9 Å². The van der Waals surface area contributed by atoms with Crippen LogP contribution in [0.2, 0.25) is 0 Å². The van der Waals surface area contributed by atoms with Gasteiger partial charge in [0.05, 0.1) is 18.0 Å². The van der Waals surface area contributed by atoms with Crippen molar-refractivity contribution in [2.24, 2.45) is 5.92 Å². The zero-order valence-corrected chi connectivity index (χ0v) is 12.6. The van der Waals surface area contributed by atoms with Crippen LogP contribution in [0.3, 0.4) is 0 Å². The van der Waals surface area contributed by atoms with E-state index in [9.17, 15) is 13.2 Å². The maximum atomic E-state index is 12.1. The summed E-state index contributed by atoms with van der Waals surface area (Å²) in [6, 6.07) is 0. The van der Waals surface area contributed by atoms with Crippen molar-refractivity contribution >= 4 is 15.7 Å². The number of hydrogen-bond acceptors (Lipinski definition) is 5. The lowest BCUT2D eigenvalue weighted by atomic mass is 10.1. The first kappa shape index (κ1) is 14.8. The Hall–Kier alpha value is -1.63. The van der Waals surface area contributed by atoms with Gasteiger partial charge in [0.15, 0.2) is 9.84 Å². The number of hydrogen-bond donors (Lipinski definition) is 0. The number of carbonyl (C=O) groups is 1. The van der Waals surface area contributed by atoms with Gasteiger partial charge >= 0.3 is 0 Å². The third kappa shape index (κ3) is 3.27. The van der Waals surface area contributed by atoms with E-state index in [4.69, 9.17) is 4.52 Å². The topological polar surface area (TPSA) is 80.5 Å². The summed E-state index contributed by atoms with van der Waals surface area (Å²) in [7, 11) is -1.41. The van der Waals surface area contributed by atoms with Gasteiger partial charge in [-0.25, -0.2) is 8.42 Å². The first-order valence-corrected chi connectivity index (χ1v) is 8.06. The number of sulfone groups is 1. The van der Waals surface area contributed by atoms with Gasteiger partial charge in [-0.2, -0.15) is 0 Å². The zero-order chi connectivity index (χ0) is 14.9. The van der Waals surface area contributed by atoms with Gasteiger partial charge in [-0.1, -0.05) is 11.2 Å². The Bertz CT molecular complexity index is 626. The molecule has 1 atom stereocenters. The van der Waals surface area contributed by atoms with Crippen LogP contribution in [0.15, 0.2) is 16.0 Å². The molecule has 20 heavy (non-hydrogen) atoms. The highest BCUT2D eigenvalue weighted by molar-refractivity contribution is 7.94. The van der Waals surface area contributed by atoms with Gasteiger partial charge in [0, 0.05) is 30.4 Å². The summed E-state index contributed by atoms with van der Waals surface area (Å²) in [4.78, 5) is 13.7. The fourth-order valence-corrected chi connectivity index (χ4v) is 3.60. The summed E-state index contributed by atoms with van der Waals surface area (Å²) in [5, 5.41) is 5.04. The fourth-order valence-electron chi connectivity index (χ4n) is 2.20. The molecule has 0 spiro atoms. The highest BCUT2D eigenvalue weighted by atomic mass is 32.2. The fraction of sp³-hybridized carbons (Fsp3) is 0.538.